The van der Waals surface area contributed by atoms with Gasteiger partial charge in [0.2, 0.25) is 0 Å². The molecule has 1 aliphatic rings. The van der Waals surface area contributed by atoms with E-state index < -0.39 is 0 Å². The van der Waals surface area contributed by atoms with E-state index >= 15 is 0 Å². The molecule has 0 amide bonds. The minimum Gasteiger partial charge on any atom is -0.411 e. The maximum Gasteiger partial charge on any atom is 0.150 e. The Bertz CT molecular complexity index is 520. The Labute approximate surface area is 88.3 Å². The third-order valence-corrected chi connectivity index (χ3v) is 2.93. The number of benzene rings is 2. The number of hydrogen-bond donors (Lipinski definition) is 1. The van der Waals surface area contributed by atoms with Crippen molar-refractivity contribution < 1.29 is 4.84 Å². The Morgan fingerprint density at radius 3 is 2.60 bits per heavy atom. The molecule has 3 rings (SSSR count). The molecule has 0 aromatic heterocycles. The van der Waals surface area contributed by atoms with Crippen molar-refractivity contribution in [2.24, 2.45) is 5.90 Å². The van der Waals surface area contributed by atoms with E-state index in [2.05, 4.69) is 30.3 Å². The van der Waals surface area contributed by atoms with Crippen molar-refractivity contribution in [2.75, 3.05) is 0 Å². The minimum absolute atomic E-state index is 0.781. The minimum atomic E-state index is 0.781. The zero-order valence-corrected chi connectivity index (χ0v) is 8.23. The van der Waals surface area contributed by atoms with E-state index in [1.165, 1.54) is 22.3 Å². The van der Waals surface area contributed by atoms with Gasteiger partial charge in [-0.1, -0.05) is 36.4 Å². The molecule has 1 aliphatic carbocycles. The van der Waals surface area contributed by atoms with Crippen molar-refractivity contribution in [2.45, 2.75) is 6.42 Å². The van der Waals surface area contributed by atoms with Crippen LogP contribution in [0.5, 0.6) is 5.75 Å². The molecule has 0 aliphatic heterocycles. The Hall–Kier alpha value is -1.80. The van der Waals surface area contributed by atoms with Crippen LogP contribution in [0.4, 0.5) is 0 Å². The van der Waals surface area contributed by atoms with Crippen LogP contribution in [0.2, 0.25) is 0 Å². The third kappa shape index (κ3) is 1.15. The standard InChI is InChI=1S/C13H11NO/c14-15-13-7-3-6-11-10-5-2-1-4-9(10)8-12(11)13/h1-7H,8,14H2. The molecular weight excluding hydrogens is 186 g/mol. The van der Waals surface area contributed by atoms with E-state index in [-0.39, 0.29) is 0 Å². The summed E-state index contributed by atoms with van der Waals surface area (Å²) in [5, 5.41) is 0. The van der Waals surface area contributed by atoms with E-state index in [1.807, 2.05) is 12.1 Å². The van der Waals surface area contributed by atoms with Crippen LogP contribution in [0.3, 0.4) is 0 Å². The molecule has 0 bridgehead atoms. The van der Waals surface area contributed by atoms with Gasteiger partial charge in [0.15, 0.2) is 5.75 Å². The molecule has 0 heterocycles. The van der Waals surface area contributed by atoms with Crippen LogP contribution in [-0.4, -0.2) is 0 Å². The topological polar surface area (TPSA) is 35.2 Å². The highest BCUT2D eigenvalue weighted by atomic mass is 16.6. The van der Waals surface area contributed by atoms with Gasteiger partial charge in [-0.05, 0) is 22.8 Å². The molecule has 74 valence electrons. The monoisotopic (exact) mass is 197 g/mol. The number of fused-ring (bicyclic) bond motifs is 3. The van der Waals surface area contributed by atoms with E-state index in [4.69, 9.17) is 10.7 Å². The quantitative estimate of drug-likeness (QED) is 0.608. The van der Waals surface area contributed by atoms with Crippen LogP contribution in [0.25, 0.3) is 11.1 Å². The fourth-order valence-corrected chi connectivity index (χ4v) is 2.24. The van der Waals surface area contributed by atoms with Crippen molar-refractivity contribution in [3.8, 4) is 16.9 Å². The van der Waals surface area contributed by atoms with E-state index in [9.17, 15) is 0 Å². The highest BCUT2D eigenvalue weighted by Gasteiger charge is 2.20. The summed E-state index contributed by atoms with van der Waals surface area (Å²) >= 11 is 0. The molecule has 0 saturated carbocycles. The lowest BCUT2D eigenvalue weighted by atomic mass is 10.1. The van der Waals surface area contributed by atoms with Gasteiger partial charge in [-0.15, -0.1) is 0 Å². The normalized spacial score (nSPS) is 12.1. The van der Waals surface area contributed by atoms with Gasteiger partial charge < -0.3 is 4.84 Å². The summed E-state index contributed by atoms with van der Waals surface area (Å²) in [6.45, 7) is 0. The molecule has 2 N–H and O–H groups in total. The van der Waals surface area contributed by atoms with E-state index in [1.54, 1.807) is 0 Å². The Morgan fingerprint density at radius 1 is 0.933 bits per heavy atom. The smallest absolute Gasteiger partial charge is 0.150 e. The van der Waals surface area contributed by atoms with Gasteiger partial charge in [0.25, 0.3) is 0 Å². The zero-order chi connectivity index (χ0) is 10.3. The van der Waals surface area contributed by atoms with Crippen molar-refractivity contribution in [1.82, 2.24) is 0 Å². The number of nitrogens with two attached hydrogens (primary N) is 1. The predicted octanol–water partition coefficient (Wildman–Crippen LogP) is 2.51. The molecule has 2 aromatic carbocycles. The molecule has 0 spiro atoms. The maximum absolute atomic E-state index is 5.26. The first-order chi connectivity index (χ1) is 7.40. The Balaban J connectivity index is 2.26. The molecule has 2 aromatic rings. The summed E-state index contributed by atoms with van der Waals surface area (Å²) in [5.74, 6) is 6.04. The number of hydrogen-bond acceptors (Lipinski definition) is 2. The fourth-order valence-electron chi connectivity index (χ4n) is 2.24. The van der Waals surface area contributed by atoms with Gasteiger partial charge in [-0.25, -0.2) is 0 Å². The lowest BCUT2D eigenvalue weighted by Gasteiger charge is -2.05. The van der Waals surface area contributed by atoms with Crippen LogP contribution >= 0.6 is 0 Å². The highest BCUT2D eigenvalue weighted by molar-refractivity contribution is 5.78. The molecular formula is C13H11NO. The van der Waals surface area contributed by atoms with Crippen molar-refractivity contribution in [1.29, 1.82) is 0 Å². The fraction of sp³-hybridized carbons (Fsp3) is 0.0769. The molecule has 2 nitrogen and oxygen atoms in total. The van der Waals surface area contributed by atoms with Gasteiger partial charge in [0.1, 0.15) is 0 Å². The SMILES string of the molecule is NOc1cccc2c1Cc1ccccc1-2. The average molecular weight is 197 g/mol. The summed E-state index contributed by atoms with van der Waals surface area (Å²) in [4.78, 5) is 4.89. The van der Waals surface area contributed by atoms with E-state index in [0.717, 1.165) is 12.2 Å². The van der Waals surface area contributed by atoms with Gasteiger partial charge in [-0.2, -0.15) is 5.90 Å². The summed E-state index contributed by atoms with van der Waals surface area (Å²) in [5.41, 5.74) is 5.08. The van der Waals surface area contributed by atoms with Gasteiger partial charge >= 0.3 is 0 Å². The lowest BCUT2D eigenvalue weighted by molar-refractivity contribution is 0.332. The first-order valence-electron chi connectivity index (χ1n) is 4.97. The second kappa shape index (κ2) is 3.11. The molecule has 2 heteroatoms. The van der Waals surface area contributed by atoms with Crippen LogP contribution in [-0.2, 0) is 6.42 Å². The Kier molecular flexibility index (Phi) is 1.76. The summed E-state index contributed by atoms with van der Waals surface area (Å²) < 4.78 is 0. The maximum atomic E-state index is 5.26. The molecule has 0 fully saturated rings. The average Bonchev–Trinajstić information content (AvgIpc) is 2.67. The first kappa shape index (κ1) is 8.50. The van der Waals surface area contributed by atoms with Gasteiger partial charge in [-0.3, -0.25) is 0 Å². The van der Waals surface area contributed by atoms with Crippen molar-refractivity contribution in [3.63, 3.8) is 0 Å². The summed E-state index contributed by atoms with van der Waals surface area (Å²) in [7, 11) is 0. The van der Waals surface area contributed by atoms with Crippen LogP contribution in [0.1, 0.15) is 11.1 Å². The molecule has 0 atom stereocenters. The summed E-state index contributed by atoms with van der Waals surface area (Å²) in [6, 6.07) is 14.4. The lowest BCUT2D eigenvalue weighted by Crippen LogP contribution is -2.04. The van der Waals surface area contributed by atoms with Crippen LogP contribution in [0, 0.1) is 0 Å². The highest BCUT2D eigenvalue weighted by Crippen LogP contribution is 2.40. The molecule has 0 unspecified atom stereocenters. The predicted molar refractivity (Wildman–Crippen MR) is 59.5 cm³/mol. The second-order valence-electron chi connectivity index (χ2n) is 3.73. The largest absolute Gasteiger partial charge is 0.411 e. The summed E-state index contributed by atoms with van der Waals surface area (Å²) in [6.07, 6.45) is 0.916. The van der Waals surface area contributed by atoms with Crippen LogP contribution < -0.4 is 10.7 Å². The molecule has 0 radical (unpaired) electrons. The first-order valence-corrected chi connectivity index (χ1v) is 4.97. The van der Waals surface area contributed by atoms with E-state index in [0.29, 0.717) is 0 Å². The second-order valence-corrected chi connectivity index (χ2v) is 3.73. The van der Waals surface area contributed by atoms with Crippen LogP contribution in [0.15, 0.2) is 42.5 Å². The van der Waals surface area contributed by atoms with Gasteiger partial charge in [0.05, 0.1) is 0 Å². The van der Waals surface area contributed by atoms with Crippen molar-refractivity contribution in [3.05, 3.63) is 53.6 Å². The zero-order valence-electron chi connectivity index (χ0n) is 8.23. The number of rotatable bonds is 1. The third-order valence-electron chi connectivity index (χ3n) is 2.93. The molecule has 15 heavy (non-hydrogen) atoms. The van der Waals surface area contributed by atoms with Crippen molar-refractivity contribution >= 4 is 0 Å². The molecule has 0 saturated heterocycles. The van der Waals surface area contributed by atoms with Gasteiger partial charge in [0, 0.05) is 12.0 Å². The Morgan fingerprint density at radius 2 is 1.73 bits per heavy atom.